The fourth-order valence-electron chi connectivity index (χ4n) is 3.45. The number of hydrogen-bond donors (Lipinski definition) is 1. The van der Waals surface area contributed by atoms with Crippen LogP contribution in [0.5, 0.6) is 5.75 Å². The lowest BCUT2D eigenvalue weighted by atomic mass is 9.78. The first-order chi connectivity index (χ1) is 11.6. The zero-order chi connectivity index (χ0) is 17.0. The molecule has 2 aromatic rings. The number of amides is 1. The van der Waals surface area contributed by atoms with Gasteiger partial charge in [-0.05, 0) is 61.7 Å². The van der Waals surface area contributed by atoms with Crippen LogP contribution in [-0.4, -0.2) is 12.5 Å². The van der Waals surface area contributed by atoms with Gasteiger partial charge in [-0.3, -0.25) is 4.79 Å². The first-order valence-electron chi connectivity index (χ1n) is 8.44. The second-order valence-corrected chi connectivity index (χ2v) is 6.21. The van der Waals surface area contributed by atoms with E-state index in [0.717, 1.165) is 42.7 Å². The third-order valence-electron chi connectivity index (χ3n) is 4.71. The molecule has 0 spiro atoms. The fourth-order valence-corrected chi connectivity index (χ4v) is 3.45. The van der Waals surface area contributed by atoms with E-state index in [1.807, 2.05) is 31.2 Å². The molecule has 1 aliphatic carbocycles. The van der Waals surface area contributed by atoms with Gasteiger partial charge in [-0.25, -0.2) is 4.39 Å². The monoisotopic (exact) mass is 327 g/mol. The van der Waals surface area contributed by atoms with Crippen LogP contribution >= 0.6 is 0 Å². The Balaban J connectivity index is 1.81. The van der Waals surface area contributed by atoms with Gasteiger partial charge in [0, 0.05) is 5.69 Å². The summed E-state index contributed by atoms with van der Waals surface area (Å²) in [7, 11) is 0. The lowest BCUT2D eigenvalue weighted by Crippen LogP contribution is -2.38. The largest absolute Gasteiger partial charge is 0.494 e. The lowest BCUT2D eigenvalue weighted by molar-refractivity contribution is -0.121. The molecule has 1 saturated carbocycles. The number of nitrogens with one attached hydrogen (secondary N) is 1. The standard InChI is InChI=1S/C20H22FNO2/c1-2-24-18-11-9-17(10-12-18)22-19(23)20(13-3-4-14-20)15-5-7-16(21)8-6-15/h5-12H,2-4,13-14H2,1H3,(H,22,23). The zero-order valence-corrected chi connectivity index (χ0v) is 13.8. The van der Waals surface area contributed by atoms with Gasteiger partial charge in [0.25, 0.3) is 0 Å². The molecule has 0 heterocycles. The van der Waals surface area contributed by atoms with Crippen molar-refractivity contribution in [2.45, 2.75) is 38.0 Å². The molecule has 1 fully saturated rings. The van der Waals surface area contributed by atoms with Gasteiger partial charge in [0.05, 0.1) is 12.0 Å². The Kier molecular flexibility index (Phi) is 4.84. The summed E-state index contributed by atoms with van der Waals surface area (Å²) < 4.78 is 18.7. The van der Waals surface area contributed by atoms with E-state index in [1.165, 1.54) is 12.1 Å². The topological polar surface area (TPSA) is 38.3 Å². The van der Waals surface area contributed by atoms with Crippen LogP contribution in [0, 0.1) is 5.82 Å². The minimum Gasteiger partial charge on any atom is -0.494 e. The Bertz CT molecular complexity index is 689. The number of ether oxygens (including phenoxy) is 1. The van der Waals surface area contributed by atoms with Gasteiger partial charge in [-0.2, -0.15) is 0 Å². The van der Waals surface area contributed by atoms with E-state index in [4.69, 9.17) is 4.74 Å². The molecule has 1 N–H and O–H groups in total. The summed E-state index contributed by atoms with van der Waals surface area (Å²) in [5, 5.41) is 3.02. The number of rotatable bonds is 5. The molecule has 0 saturated heterocycles. The van der Waals surface area contributed by atoms with Crippen molar-refractivity contribution in [3.05, 3.63) is 59.9 Å². The molecule has 3 rings (SSSR count). The van der Waals surface area contributed by atoms with Crippen molar-refractivity contribution in [1.82, 2.24) is 0 Å². The highest BCUT2D eigenvalue weighted by molar-refractivity contribution is 5.99. The molecule has 1 amide bonds. The van der Waals surface area contributed by atoms with Gasteiger partial charge >= 0.3 is 0 Å². The summed E-state index contributed by atoms with van der Waals surface area (Å²) in [6, 6.07) is 13.7. The van der Waals surface area contributed by atoms with Crippen molar-refractivity contribution in [3.8, 4) is 5.75 Å². The Labute approximate surface area is 141 Å². The number of carbonyl (C=O) groups is 1. The lowest BCUT2D eigenvalue weighted by Gasteiger charge is -2.28. The second kappa shape index (κ2) is 7.04. The van der Waals surface area contributed by atoms with E-state index < -0.39 is 5.41 Å². The second-order valence-electron chi connectivity index (χ2n) is 6.21. The molecule has 0 unspecified atom stereocenters. The molecule has 0 bridgehead atoms. The quantitative estimate of drug-likeness (QED) is 0.866. The minimum absolute atomic E-state index is 0.0178. The van der Waals surface area contributed by atoms with Crippen LogP contribution in [0.2, 0.25) is 0 Å². The van der Waals surface area contributed by atoms with E-state index in [2.05, 4.69) is 5.32 Å². The van der Waals surface area contributed by atoms with Crippen LogP contribution in [-0.2, 0) is 10.2 Å². The van der Waals surface area contributed by atoms with Crippen molar-refractivity contribution >= 4 is 11.6 Å². The van der Waals surface area contributed by atoms with E-state index in [-0.39, 0.29) is 11.7 Å². The Morgan fingerprint density at radius 3 is 2.29 bits per heavy atom. The first-order valence-corrected chi connectivity index (χ1v) is 8.44. The van der Waals surface area contributed by atoms with Crippen molar-refractivity contribution in [2.24, 2.45) is 0 Å². The Hall–Kier alpha value is -2.36. The number of halogens is 1. The van der Waals surface area contributed by atoms with Crippen LogP contribution in [0.25, 0.3) is 0 Å². The Morgan fingerprint density at radius 1 is 1.08 bits per heavy atom. The van der Waals surface area contributed by atoms with Gasteiger partial charge in [0.1, 0.15) is 11.6 Å². The predicted octanol–water partition coefficient (Wildman–Crippen LogP) is 4.67. The highest BCUT2D eigenvalue weighted by atomic mass is 19.1. The molecule has 0 aliphatic heterocycles. The van der Waals surface area contributed by atoms with Crippen molar-refractivity contribution in [1.29, 1.82) is 0 Å². The average molecular weight is 327 g/mol. The molecule has 4 heteroatoms. The number of anilines is 1. The smallest absolute Gasteiger partial charge is 0.235 e. The first kappa shape index (κ1) is 16.5. The molecule has 2 aromatic carbocycles. The molecule has 1 aliphatic rings. The van der Waals surface area contributed by atoms with Crippen molar-refractivity contribution < 1.29 is 13.9 Å². The molecular formula is C20H22FNO2. The van der Waals surface area contributed by atoms with Crippen LogP contribution in [0.3, 0.4) is 0 Å². The maximum atomic E-state index is 13.2. The van der Waals surface area contributed by atoms with Crippen molar-refractivity contribution in [2.75, 3.05) is 11.9 Å². The highest BCUT2D eigenvalue weighted by Crippen LogP contribution is 2.42. The maximum Gasteiger partial charge on any atom is 0.235 e. The van der Waals surface area contributed by atoms with Crippen LogP contribution < -0.4 is 10.1 Å². The summed E-state index contributed by atoms with van der Waals surface area (Å²) in [4.78, 5) is 13.0. The molecule has 0 radical (unpaired) electrons. The molecule has 24 heavy (non-hydrogen) atoms. The predicted molar refractivity (Wildman–Crippen MR) is 92.8 cm³/mol. The van der Waals surface area contributed by atoms with Crippen LogP contribution in [0.15, 0.2) is 48.5 Å². The van der Waals surface area contributed by atoms with Gasteiger partial charge in [-0.1, -0.05) is 25.0 Å². The molecule has 3 nitrogen and oxygen atoms in total. The fraction of sp³-hybridized carbons (Fsp3) is 0.350. The molecular weight excluding hydrogens is 305 g/mol. The Morgan fingerprint density at radius 2 is 1.71 bits per heavy atom. The highest BCUT2D eigenvalue weighted by Gasteiger charge is 2.42. The molecule has 0 aromatic heterocycles. The summed E-state index contributed by atoms with van der Waals surface area (Å²) in [5.74, 6) is 0.485. The van der Waals surface area contributed by atoms with E-state index >= 15 is 0 Å². The number of benzene rings is 2. The normalized spacial score (nSPS) is 15.9. The van der Waals surface area contributed by atoms with Crippen LogP contribution in [0.1, 0.15) is 38.2 Å². The maximum absolute atomic E-state index is 13.2. The van der Waals surface area contributed by atoms with Gasteiger partial charge in [-0.15, -0.1) is 0 Å². The van der Waals surface area contributed by atoms with Gasteiger partial charge in [0.15, 0.2) is 0 Å². The SMILES string of the molecule is CCOc1ccc(NC(=O)C2(c3ccc(F)cc3)CCCC2)cc1. The molecule has 126 valence electrons. The van der Waals surface area contributed by atoms with E-state index in [1.54, 1.807) is 12.1 Å². The average Bonchev–Trinajstić information content (AvgIpc) is 3.08. The van der Waals surface area contributed by atoms with Crippen LogP contribution in [0.4, 0.5) is 10.1 Å². The molecule has 0 atom stereocenters. The van der Waals surface area contributed by atoms with Crippen molar-refractivity contribution in [3.63, 3.8) is 0 Å². The van der Waals surface area contributed by atoms with E-state index in [9.17, 15) is 9.18 Å². The zero-order valence-electron chi connectivity index (χ0n) is 13.8. The third kappa shape index (κ3) is 3.28. The third-order valence-corrected chi connectivity index (χ3v) is 4.71. The van der Waals surface area contributed by atoms with E-state index in [0.29, 0.717) is 6.61 Å². The summed E-state index contributed by atoms with van der Waals surface area (Å²) >= 11 is 0. The van der Waals surface area contributed by atoms with Gasteiger partial charge in [0.2, 0.25) is 5.91 Å². The summed E-state index contributed by atoms with van der Waals surface area (Å²) in [5.41, 5.74) is 1.08. The van der Waals surface area contributed by atoms with Gasteiger partial charge < -0.3 is 10.1 Å². The minimum atomic E-state index is -0.563. The number of carbonyl (C=O) groups excluding carboxylic acids is 1. The summed E-state index contributed by atoms with van der Waals surface area (Å²) in [6.45, 7) is 2.54. The summed E-state index contributed by atoms with van der Waals surface area (Å²) in [6.07, 6.45) is 3.60. The number of hydrogen-bond acceptors (Lipinski definition) is 2.